The third-order valence-electron chi connectivity index (χ3n) is 7.70. The number of nitrogens with zero attached hydrogens (tertiary/aromatic N) is 3. The Hall–Kier alpha value is -3.37. The second-order valence-electron chi connectivity index (χ2n) is 9.79. The number of hydrogen-bond donors (Lipinski definition) is 2. The number of nitrogens with one attached hydrogen (secondary N) is 1. The number of rotatable bonds is 6. The average molecular weight is 515 g/mol. The minimum absolute atomic E-state index is 0.0217. The smallest absolute Gasteiger partial charge is 0.231 e. The number of aliphatic hydroxyl groups excluding tert-OH is 1. The van der Waals surface area contributed by atoms with E-state index in [0.29, 0.717) is 38.2 Å². The van der Waals surface area contributed by atoms with Gasteiger partial charge in [-0.1, -0.05) is 6.07 Å². The Bertz CT molecular complexity index is 1310. The Morgan fingerprint density at radius 1 is 1.24 bits per heavy atom. The molecule has 37 heavy (non-hydrogen) atoms. The van der Waals surface area contributed by atoms with Crippen LogP contribution in [-0.4, -0.2) is 58.8 Å². The summed E-state index contributed by atoms with van der Waals surface area (Å²) in [6.45, 7) is 2.68. The van der Waals surface area contributed by atoms with Crippen molar-refractivity contribution < 1.29 is 27.8 Å². The van der Waals surface area contributed by atoms with Gasteiger partial charge in [0.1, 0.15) is 5.75 Å². The van der Waals surface area contributed by atoms with Crippen molar-refractivity contribution in [1.29, 1.82) is 0 Å². The summed E-state index contributed by atoms with van der Waals surface area (Å²) in [5, 5.41) is 13.5. The van der Waals surface area contributed by atoms with Crippen LogP contribution in [-0.2, 0) is 4.79 Å². The molecule has 1 aromatic heterocycles. The first kappa shape index (κ1) is 25.3. The fraction of sp³-hybridized carbons (Fsp3) is 0.407. The molecule has 10 heteroatoms. The van der Waals surface area contributed by atoms with Crippen molar-refractivity contribution in [2.45, 2.75) is 31.7 Å². The Kier molecular flexibility index (Phi) is 6.72. The van der Waals surface area contributed by atoms with Crippen LogP contribution in [0.25, 0.3) is 5.69 Å². The van der Waals surface area contributed by atoms with Crippen molar-refractivity contribution in [2.24, 2.45) is 5.41 Å². The first-order valence-corrected chi connectivity index (χ1v) is 12.2. The zero-order valence-electron chi connectivity index (χ0n) is 20.7. The van der Waals surface area contributed by atoms with E-state index < -0.39 is 35.5 Å². The third kappa shape index (κ3) is 4.27. The summed E-state index contributed by atoms with van der Waals surface area (Å²) in [6.07, 6.45) is 4.88. The topological polar surface area (TPSA) is 79.6 Å². The fourth-order valence-corrected chi connectivity index (χ4v) is 5.87. The Morgan fingerprint density at radius 3 is 2.65 bits per heavy atom. The van der Waals surface area contributed by atoms with Crippen molar-refractivity contribution in [2.75, 3.05) is 33.4 Å². The number of halogens is 3. The maximum Gasteiger partial charge on any atom is 0.231 e. The van der Waals surface area contributed by atoms with Gasteiger partial charge in [0.25, 0.3) is 0 Å². The number of aromatic nitrogens is 2. The van der Waals surface area contributed by atoms with Crippen molar-refractivity contribution in [3.8, 4) is 11.4 Å². The van der Waals surface area contributed by atoms with E-state index in [1.165, 1.54) is 4.90 Å². The molecule has 7 nitrogen and oxygen atoms in total. The summed E-state index contributed by atoms with van der Waals surface area (Å²) in [5.41, 5.74) is 1.84. The van der Waals surface area contributed by atoms with Gasteiger partial charge in [-0.2, -0.15) is 0 Å². The highest BCUT2D eigenvalue weighted by atomic mass is 19.2. The van der Waals surface area contributed by atoms with Crippen molar-refractivity contribution >= 4 is 5.91 Å². The molecule has 5 rings (SSSR count). The number of likely N-dealkylation sites (tertiary alicyclic amines) is 1. The predicted molar refractivity (Wildman–Crippen MR) is 130 cm³/mol. The Labute approximate surface area is 212 Å². The zero-order chi connectivity index (χ0) is 26.3. The average Bonchev–Trinajstić information content (AvgIpc) is 3.52. The lowest BCUT2D eigenvalue weighted by atomic mass is 9.68. The highest BCUT2D eigenvalue weighted by Gasteiger charge is 2.54. The van der Waals surface area contributed by atoms with Gasteiger partial charge in [-0.05, 0) is 55.2 Å². The van der Waals surface area contributed by atoms with Gasteiger partial charge in [0.2, 0.25) is 5.91 Å². The van der Waals surface area contributed by atoms with Crippen LogP contribution >= 0.6 is 0 Å². The lowest BCUT2D eigenvalue weighted by Gasteiger charge is -2.45. The van der Waals surface area contributed by atoms with Gasteiger partial charge >= 0.3 is 0 Å². The second-order valence-corrected chi connectivity index (χ2v) is 9.79. The van der Waals surface area contributed by atoms with Crippen LogP contribution in [0.5, 0.6) is 5.75 Å². The molecular weight excluding hydrogens is 485 g/mol. The fourth-order valence-electron chi connectivity index (χ4n) is 5.87. The maximum atomic E-state index is 14.1. The van der Waals surface area contributed by atoms with Gasteiger partial charge in [0.05, 0.1) is 42.9 Å². The van der Waals surface area contributed by atoms with Crippen LogP contribution in [0, 0.1) is 29.8 Å². The molecular formula is C27H29F3N4O3. The number of benzene rings is 2. The molecule has 2 N–H and O–H groups in total. The van der Waals surface area contributed by atoms with Gasteiger partial charge < -0.3 is 24.6 Å². The summed E-state index contributed by atoms with van der Waals surface area (Å²) >= 11 is 0. The molecule has 2 aliphatic heterocycles. The number of piperidine rings is 1. The highest BCUT2D eigenvalue weighted by molar-refractivity contribution is 5.86. The summed E-state index contributed by atoms with van der Waals surface area (Å²) in [6, 6.07) is 6.56. The number of methoxy groups -OCH3 is 1. The normalized spacial score (nSPS) is 22.6. The molecule has 3 heterocycles. The number of carbonyl (C=O) groups is 1. The van der Waals surface area contributed by atoms with Crippen LogP contribution < -0.4 is 10.1 Å². The quantitative estimate of drug-likeness (QED) is 0.491. The van der Waals surface area contributed by atoms with E-state index in [-0.39, 0.29) is 17.4 Å². The van der Waals surface area contributed by atoms with E-state index >= 15 is 0 Å². The van der Waals surface area contributed by atoms with Gasteiger partial charge in [0, 0.05) is 31.7 Å². The number of imidazole rings is 1. The summed E-state index contributed by atoms with van der Waals surface area (Å²) in [7, 11) is 1.59. The number of amides is 1. The summed E-state index contributed by atoms with van der Waals surface area (Å²) in [4.78, 5) is 19.8. The van der Waals surface area contributed by atoms with E-state index in [4.69, 9.17) is 4.74 Å². The molecule has 2 aromatic carbocycles. The lowest BCUT2D eigenvalue weighted by Crippen LogP contribution is -2.53. The van der Waals surface area contributed by atoms with Crippen molar-refractivity contribution in [3.05, 3.63) is 77.1 Å². The van der Waals surface area contributed by atoms with Gasteiger partial charge in [0.15, 0.2) is 17.5 Å². The first-order chi connectivity index (χ1) is 17.8. The standard InChI is InChI=1S/C27H29F3N4O3/c1-16-12-33(15-32-16)22-5-4-17(10-24(22)37-2)19-11-31-14-27(19)6-3-7-34(26(27)36)23(13-35)18-8-20(28)25(30)21(29)9-18/h4-5,8-10,12,15,19,23,31,35H,3,6-7,11,13-14H2,1-2H3/t19?,23-,27?/m0/s1. The summed E-state index contributed by atoms with van der Waals surface area (Å²) in [5.74, 6) is -4.03. The van der Waals surface area contributed by atoms with Gasteiger partial charge in [-0.15, -0.1) is 0 Å². The van der Waals surface area contributed by atoms with E-state index in [1.807, 2.05) is 35.9 Å². The third-order valence-corrected chi connectivity index (χ3v) is 7.70. The van der Waals surface area contributed by atoms with E-state index in [9.17, 15) is 23.1 Å². The molecule has 2 saturated heterocycles. The molecule has 3 atom stereocenters. The van der Waals surface area contributed by atoms with Crippen molar-refractivity contribution in [1.82, 2.24) is 19.8 Å². The molecule has 0 aliphatic carbocycles. The van der Waals surface area contributed by atoms with Gasteiger partial charge in [-0.3, -0.25) is 4.79 Å². The number of ether oxygens (including phenoxy) is 1. The minimum Gasteiger partial charge on any atom is -0.495 e. The van der Waals surface area contributed by atoms with Gasteiger partial charge in [-0.25, -0.2) is 18.2 Å². The molecule has 1 spiro atoms. The Balaban J connectivity index is 1.49. The molecule has 196 valence electrons. The molecule has 3 aromatic rings. The van der Waals surface area contributed by atoms with Crippen LogP contribution in [0.15, 0.2) is 42.9 Å². The first-order valence-electron chi connectivity index (χ1n) is 12.2. The minimum atomic E-state index is -1.58. The molecule has 0 saturated carbocycles. The Morgan fingerprint density at radius 2 is 2.00 bits per heavy atom. The molecule has 2 aliphatic rings. The van der Waals surface area contributed by atoms with Crippen LogP contribution in [0.1, 0.15) is 41.6 Å². The molecule has 2 unspecified atom stereocenters. The van der Waals surface area contributed by atoms with Crippen LogP contribution in [0.3, 0.4) is 0 Å². The molecule has 1 amide bonds. The maximum absolute atomic E-state index is 14.1. The number of aliphatic hydroxyl groups is 1. The SMILES string of the molecule is COc1cc(C2CNCC23CCCN([C@@H](CO)c2cc(F)c(F)c(F)c2)C3=O)ccc1-n1cnc(C)c1. The molecule has 2 fully saturated rings. The highest BCUT2D eigenvalue weighted by Crippen LogP contribution is 2.49. The zero-order valence-corrected chi connectivity index (χ0v) is 20.7. The summed E-state index contributed by atoms with van der Waals surface area (Å²) < 4.78 is 49.1. The van der Waals surface area contributed by atoms with Crippen molar-refractivity contribution in [3.63, 3.8) is 0 Å². The molecule has 0 bridgehead atoms. The predicted octanol–water partition coefficient (Wildman–Crippen LogP) is 3.64. The van der Waals surface area contributed by atoms with Crippen LogP contribution in [0.2, 0.25) is 0 Å². The number of aryl methyl sites for hydroxylation is 1. The second kappa shape index (κ2) is 9.83. The number of carbonyl (C=O) groups excluding carboxylic acids is 1. The monoisotopic (exact) mass is 514 g/mol. The van der Waals surface area contributed by atoms with Crippen LogP contribution in [0.4, 0.5) is 13.2 Å². The van der Waals surface area contributed by atoms with E-state index in [0.717, 1.165) is 29.1 Å². The van der Waals surface area contributed by atoms with E-state index in [2.05, 4.69) is 10.3 Å². The largest absolute Gasteiger partial charge is 0.495 e. The lowest BCUT2D eigenvalue weighted by molar-refractivity contribution is -0.150. The van der Waals surface area contributed by atoms with E-state index in [1.54, 1.807) is 13.4 Å². The number of hydrogen-bond acceptors (Lipinski definition) is 5. The molecule has 0 radical (unpaired) electrons.